The molecule has 0 aliphatic heterocycles. The number of nitrogens with zero attached hydrogens (tertiary/aromatic N) is 1. The summed E-state index contributed by atoms with van der Waals surface area (Å²) < 4.78 is 0. The van der Waals surface area contributed by atoms with E-state index in [2.05, 4.69) is 11.4 Å². The number of carboxylic acid groups (broad SMARTS) is 1. The van der Waals surface area contributed by atoms with Crippen LogP contribution in [0.3, 0.4) is 0 Å². The first-order chi connectivity index (χ1) is 11.6. The first-order valence-electron chi connectivity index (χ1n) is 8.36. The van der Waals surface area contributed by atoms with Gasteiger partial charge in [0.15, 0.2) is 0 Å². The molecule has 0 spiro atoms. The van der Waals surface area contributed by atoms with Crippen LogP contribution in [0.2, 0.25) is 0 Å². The number of fused-ring (bicyclic) bond motifs is 3. The van der Waals surface area contributed by atoms with E-state index in [1.165, 1.54) is 16.2 Å². The third kappa shape index (κ3) is 2.27. The Kier molecular flexibility index (Phi) is 3.69. The number of aryl methyl sites for hydroxylation is 1. The number of nitriles is 1. The normalized spacial score (nSPS) is 30.0. The number of carbonyl (C=O) groups excluding carboxylic acids is 1. The van der Waals surface area contributed by atoms with Crippen molar-refractivity contribution in [2.45, 2.75) is 32.1 Å². The molecule has 0 aromatic carbocycles. The molecule has 0 saturated heterocycles. The molecule has 5 rings (SSSR count). The summed E-state index contributed by atoms with van der Waals surface area (Å²) in [4.78, 5) is 25.7. The molecule has 4 aliphatic rings. The Morgan fingerprint density at radius 1 is 1.21 bits per heavy atom. The van der Waals surface area contributed by atoms with Gasteiger partial charge in [0, 0.05) is 4.88 Å². The van der Waals surface area contributed by atoms with Gasteiger partial charge in [0.05, 0.1) is 17.4 Å². The first kappa shape index (κ1) is 15.4. The average molecular weight is 342 g/mol. The molecule has 1 aromatic heterocycles. The third-order valence-electron chi connectivity index (χ3n) is 5.61. The van der Waals surface area contributed by atoms with Crippen LogP contribution in [0.5, 0.6) is 0 Å². The van der Waals surface area contributed by atoms with Crippen molar-refractivity contribution in [2.24, 2.45) is 23.7 Å². The molecular weight excluding hydrogens is 324 g/mol. The third-order valence-corrected chi connectivity index (χ3v) is 6.81. The number of rotatable bonds is 3. The molecule has 1 fully saturated rings. The number of carboxylic acids is 1. The molecule has 1 saturated carbocycles. The lowest BCUT2D eigenvalue weighted by Gasteiger charge is -2.41. The molecule has 0 radical (unpaired) electrons. The monoisotopic (exact) mass is 342 g/mol. The van der Waals surface area contributed by atoms with E-state index in [0.29, 0.717) is 10.6 Å². The van der Waals surface area contributed by atoms with E-state index >= 15 is 0 Å². The van der Waals surface area contributed by atoms with Crippen LogP contribution in [-0.4, -0.2) is 17.0 Å². The maximum absolute atomic E-state index is 12.9. The van der Waals surface area contributed by atoms with E-state index in [9.17, 15) is 20.0 Å². The SMILES string of the molecule is N#Cc1c(NC(=O)[C@@H]2[C@@H](C(=O)O)[C@H]3C=C[C@@H]2CC3)sc2c1CCC2. The molecule has 4 atom stereocenters. The van der Waals surface area contributed by atoms with Gasteiger partial charge in [-0.2, -0.15) is 5.26 Å². The summed E-state index contributed by atoms with van der Waals surface area (Å²) in [6.45, 7) is 0. The molecule has 4 aliphatic carbocycles. The Hall–Kier alpha value is -2.13. The summed E-state index contributed by atoms with van der Waals surface area (Å²) in [6, 6.07) is 2.22. The van der Waals surface area contributed by atoms with E-state index in [1.807, 2.05) is 12.2 Å². The van der Waals surface area contributed by atoms with Gasteiger partial charge in [-0.25, -0.2) is 0 Å². The number of nitrogens with one attached hydrogen (secondary N) is 1. The number of carbonyl (C=O) groups is 2. The lowest BCUT2D eigenvalue weighted by molar-refractivity contribution is -0.151. The molecule has 0 unspecified atom stereocenters. The fourth-order valence-corrected chi connectivity index (χ4v) is 5.74. The number of hydrogen-bond acceptors (Lipinski definition) is 4. The minimum absolute atomic E-state index is 0.0200. The van der Waals surface area contributed by atoms with Crippen LogP contribution in [0.25, 0.3) is 0 Å². The molecule has 124 valence electrons. The van der Waals surface area contributed by atoms with Gasteiger partial charge >= 0.3 is 5.97 Å². The van der Waals surface area contributed by atoms with Crippen molar-refractivity contribution in [3.63, 3.8) is 0 Å². The van der Waals surface area contributed by atoms with Crippen molar-refractivity contribution in [3.8, 4) is 6.07 Å². The molecule has 1 amide bonds. The van der Waals surface area contributed by atoms with Crippen LogP contribution in [-0.2, 0) is 22.4 Å². The largest absolute Gasteiger partial charge is 0.481 e. The highest BCUT2D eigenvalue weighted by Gasteiger charge is 2.48. The minimum atomic E-state index is -0.900. The number of allylic oxidation sites excluding steroid dienone is 2. The van der Waals surface area contributed by atoms with Gasteiger partial charge in [-0.15, -0.1) is 11.3 Å². The summed E-state index contributed by atoms with van der Waals surface area (Å²) in [5.74, 6) is -2.44. The fourth-order valence-electron chi connectivity index (χ4n) is 4.49. The second-order valence-electron chi connectivity index (χ2n) is 6.84. The summed E-state index contributed by atoms with van der Waals surface area (Å²) in [7, 11) is 0. The summed E-state index contributed by atoms with van der Waals surface area (Å²) in [5, 5.41) is 22.5. The molecule has 1 aromatic rings. The van der Waals surface area contributed by atoms with Gasteiger partial charge in [0.1, 0.15) is 11.1 Å². The van der Waals surface area contributed by atoms with E-state index in [1.54, 1.807) is 0 Å². The Labute approximate surface area is 144 Å². The van der Waals surface area contributed by atoms with Crippen molar-refractivity contribution < 1.29 is 14.7 Å². The lowest BCUT2D eigenvalue weighted by Crippen LogP contribution is -2.47. The topological polar surface area (TPSA) is 90.2 Å². The Bertz CT molecular complexity index is 789. The highest BCUT2D eigenvalue weighted by Crippen LogP contribution is 2.46. The van der Waals surface area contributed by atoms with Crippen molar-refractivity contribution in [1.82, 2.24) is 0 Å². The summed E-state index contributed by atoms with van der Waals surface area (Å²) in [5.41, 5.74) is 1.64. The van der Waals surface area contributed by atoms with Crippen LogP contribution in [0.15, 0.2) is 12.2 Å². The van der Waals surface area contributed by atoms with Crippen molar-refractivity contribution in [1.29, 1.82) is 5.26 Å². The smallest absolute Gasteiger partial charge is 0.307 e. The molecular formula is C18H18N2O3S. The number of anilines is 1. The van der Waals surface area contributed by atoms with E-state index in [-0.39, 0.29) is 17.7 Å². The number of amides is 1. The van der Waals surface area contributed by atoms with Crippen LogP contribution >= 0.6 is 11.3 Å². The van der Waals surface area contributed by atoms with Gasteiger partial charge in [-0.05, 0) is 49.5 Å². The van der Waals surface area contributed by atoms with Crippen molar-refractivity contribution in [2.75, 3.05) is 5.32 Å². The average Bonchev–Trinajstić information content (AvgIpc) is 3.15. The lowest BCUT2D eigenvalue weighted by atomic mass is 9.62. The fraction of sp³-hybridized carbons (Fsp3) is 0.500. The van der Waals surface area contributed by atoms with E-state index < -0.39 is 17.8 Å². The first-order valence-corrected chi connectivity index (χ1v) is 9.18. The summed E-state index contributed by atoms with van der Waals surface area (Å²) >= 11 is 1.48. The quantitative estimate of drug-likeness (QED) is 0.826. The molecule has 1 heterocycles. The number of aliphatic carboxylic acids is 1. The number of hydrogen-bond donors (Lipinski definition) is 2. The van der Waals surface area contributed by atoms with E-state index in [0.717, 1.165) is 37.7 Å². The summed E-state index contributed by atoms with van der Waals surface area (Å²) in [6.07, 6.45) is 8.54. The highest BCUT2D eigenvalue weighted by atomic mass is 32.1. The zero-order valence-corrected chi connectivity index (χ0v) is 13.9. The van der Waals surface area contributed by atoms with Crippen LogP contribution in [0.1, 0.15) is 35.3 Å². The Morgan fingerprint density at radius 3 is 2.54 bits per heavy atom. The predicted molar refractivity (Wildman–Crippen MR) is 89.7 cm³/mol. The van der Waals surface area contributed by atoms with Crippen LogP contribution in [0, 0.1) is 35.0 Å². The second kappa shape index (κ2) is 5.75. The van der Waals surface area contributed by atoms with Gasteiger partial charge in [-0.1, -0.05) is 12.2 Å². The molecule has 2 bridgehead atoms. The Morgan fingerprint density at radius 2 is 1.92 bits per heavy atom. The second-order valence-corrected chi connectivity index (χ2v) is 7.95. The van der Waals surface area contributed by atoms with Crippen LogP contribution in [0.4, 0.5) is 5.00 Å². The molecule has 2 N–H and O–H groups in total. The van der Waals surface area contributed by atoms with E-state index in [4.69, 9.17) is 0 Å². The van der Waals surface area contributed by atoms with Gasteiger partial charge in [-0.3, -0.25) is 9.59 Å². The minimum Gasteiger partial charge on any atom is -0.481 e. The molecule has 24 heavy (non-hydrogen) atoms. The van der Waals surface area contributed by atoms with Gasteiger partial charge in [0.2, 0.25) is 5.91 Å². The predicted octanol–water partition coefficient (Wildman–Crippen LogP) is 2.96. The van der Waals surface area contributed by atoms with Gasteiger partial charge < -0.3 is 10.4 Å². The molecule has 6 heteroatoms. The molecule has 5 nitrogen and oxygen atoms in total. The standard InChI is InChI=1S/C18H18N2O3S/c19-8-12-11-2-1-3-13(11)24-17(12)20-16(21)14-9-4-6-10(7-5-9)15(14)18(22)23/h4,6,9-10,14-15H,1-3,5,7H2,(H,20,21)(H,22,23)/t9-,10+,14+,15+/m1/s1. The van der Waals surface area contributed by atoms with Crippen LogP contribution < -0.4 is 5.32 Å². The van der Waals surface area contributed by atoms with Crippen molar-refractivity contribution >= 4 is 28.2 Å². The van der Waals surface area contributed by atoms with Gasteiger partial charge in [0.25, 0.3) is 0 Å². The van der Waals surface area contributed by atoms with Crippen molar-refractivity contribution in [3.05, 3.63) is 28.2 Å². The number of thiophene rings is 1. The zero-order valence-electron chi connectivity index (χ0n) is 13.1. The highest BCUT2D eigenvalue weighted by molar-refractivity contribution is 7.16. The Balaban J connectivity index is 1.62. The zero-order chi connectivity index (χ0) is 16.8. The maximum atomic E-state index is 12.9. The maximum Gasteiger partial charge on any atom is 0.307 e.